The third-order valence-electron chi connectivity index (χ3n) is 3.28. The van der Waals surface area contributed by atoms with Crippen LogP contribution in [0.2, 0.25) is 0 Å². The molecular formula is C14H19N7. The van der Waals surface area contributed by atoms with Crippen molar-refractivity contribution in [2.24, 2.45) is 0 Å². The lowest BCUT2D eigenvalue weighted by molar-refractivity contribution is 0.562. The fraction of sp³-hybridized carbons (Fsp3) is 0.429. The molecule has 0 aliphatic rings. The predicted octanol–water partition coefficient (Wildman–Crippen LogP) is 1.80. The molecule has 0 saturated heterocycles. The first-order valence-electron chi connectivity index (χ1n) is 6.97. The molecule has 0 radical (unpaired) electrons. The van der Waals surface area contributed by atoms with Crippen molar-refractivity contribution in [3.05, 3.63) is 36.3 Å². The Bertz CT molecular complexity index is 721. The van der Waals surface area contributed by atoms with Gasteiger partial charge in [0, 0.05) is 30.8 Å². The van der Waals surface area contributed by atoms with E-state index >= 15 is 0 Å². The van der Waals surface area contributed by atoms with E-state index in [1.165, 1.54) is 6.33 Å². The average Bonchev–Trinajstić information content (AvgIpc) is 3.06. The minimum Gasteiger partial charge on any atom is -0.368 e. The maximum absolute atomic E-state index is 4.61. The van der Waals surface area contributed by atoms with Crippen molar-refractivity contribution in [1.29, 1.82) is 0 Å². The summed E-state index contributed by atoms with van der Waals surface area (Å²) >= 11 is 0. The van der Waals surface area contributed by atoms with E-state index in [0.717, 1.165) is 35.8 Å². The van der Waals surface area contributed by atoms with Crippen LogP contribution in [0.15, 0.2) is 24.8 Å². The van der Waals surface area contributed by atoms with Gasteiger partial charge in [-0.2, -0.15) is 10.2 Å². The van der Waals surface area contributed by atoms with Gasteiger partial charge in [0.1, 0.15) is 17.7 Å². The molecule has 0 atom stereocenters. The molecule has 21 heavy (non-hydrogen) atoms. The largest absolute Gasteiger partial charge is 0.368 e. The van der Waals surface area contributed by atoms with Gasteiger partial charge < -0.3 is 5.32 Å². The summed E-state index contributed by atoms with van der Waals surface area (Å²) in [5, 5.41) is 14.6. The van der Waals surface area contributed by atoms with Gasteiger partial charge in [0.2, 0.25) is 0 Å². The Morgan fingerprint density at radius 1 is 1.29 bits per heavy atom. The van der Waals surface area contributed by atoms with Crippen LogP contribution in [0.25, 0.3) is 5.52 Å². The highest BCUT2D eigenvalue weighted by Gasteiger charge is 2.18. The van der Waals surface area contributed by atoms with E-state index in [9.17, 15) is 0 Å². The normalized spacial score (nSPS) is 12.0. The van der Waals surface area contributed by atoms with Crippen molar-refractivity contribution in [1.82, 2.24) is 29.8 Å². The zero-order chi connectivity index (χ0) is 14.9. The van der Waals surface area contributed by atoms with Crippen LogP contribution in [-0.2, 0) is 11.8 Å². The highest BCUT2D eigenvalue weighted by atomic mass is 15.2. The molecule has 7 heteroatoms. The lowest BCUT2D eigenvalue weighted by Crippen LogP contribution is -2.11. The number of hydrogen-bond donors (Lipinski definition) is 2. The smallest absolute Gasteiger partial charge is 0.152 e. The third kappa shape index (κ3) is 2.86. The monoisotopic (exact) mass is 285 g/mol. The first-order chi connectivity index (χ1) is 10.0. The van der Waals surface area contributed by atoms with E-state index < -0.39 is 0 Å². The van der Waals surface area contributed by atoms with Crippen molar-refractivity contribution in [3.8, 4) is 0 Å². The van der Waals surface area contributed by atoms with Crippen molar-refractivity contribution in [2.45, 2.75) is 32.6 Å². The molecule has 0 bridgehead atoms. The zero-order valence-corrected chi connectivity index (χ0v) is 12.5. The number of fused-ring (bicyclic) bond motifs is 1. The Hall–Kier alpha value is -2.44. The van der Waals surface area contributed by atoms with Gasteiger partial charge in [-0.3, -0.25) is 5.10 Å². The van der Waals surface area contributed by atoms with E-state index in [0.29, 0.717) is 0 Å². The SMILES string of the molecule is CC(C)(C)c1cc2c(NCCc3ncn[nH]3)nccn2n1. The van der Waals surface area contributed by atoms with E-state index in [2.05, 4.69) is 57.4 Å². The highest BCUT2D eigenvalue weighted by molar-refractivity contribution is 5.68. The molecule has 3 aromatic heterocycles. The van der Waals surface area contributed by atoms with Crippen LogP contribution in [0.5, 0.6) is 0 Å². The molecule has 7 nitrogen and oxygen atoms in total. The van der Waals surface area contributed by atoms with Crippen LogP contribution in [0, 0.1) is 0 Å². The van der Waals surface area contributed by atoms with Crippen LogP contribution in [-0.4, -0.2) is 36.3 Å². The number of aromatic amines is 1. The summed E-state index contributed by atoms with van der Waals surface area (Å²) < 4.78 is 1.87. The van der Waals surface area contributed by atoms with Gasteiger partial charge in [-0.25, -0.2) is 14.5 Å². The van der Waals surface area contributed by atoms with E-state index in [1.54, 1.807) is 6.20 Å². The summed E-state index contributed by atoms with van der Waals surface area (Å²) in [5.41, 5.74) is 2.05. The van der Waals surface area contributed by atoms with Gasteiger partial charge in [0.05, 0.1) is 5.69 Å². The second kappa shape index (κ2) is 5.16. The van der Waals surface area contributed by atoms with Gasteiger partial charge >= 0.3 is 0 Å². The number of rotatable bonds is 4. The standard InChI is InChI=1S/C14H19N7/c1-14(2,3)11-8-10-13(16-6-7-21(10)20-11)15-5-4-12-17-9-18-19-12/h6-9H,4-5H2,1-3H3,(H,15,16)(H,17,18,19). The van der Waals surface area contributed by atoms with Crippen LogP contribution in [0.3, 0.4) is 0 Å². The Morgan fingerprint density at radius 3 is 2.86 bits per heavy atom. The number of nitrogens with zero attached hydrogens (tertiary/aromatic N) is 5. The number of H-pyrrole nitrogens is 1. The molecule has 0 aliphatic carbocycles. The van der Waals surface area contributed by atoms with Crippen molar-refractivity contribution < 1.29 is 0 Å². The summed E-state index contributed by atoms with van der Waals surface area (Å²) in [6, 6.07) is 2.09. The molecule has 110 valence electrons. The number of hydrogen-bond acceptors (Lipinski definition) is 5. The summed E-state index contributed by atoms with van der Waals surface area (Å²) in [6.45, 7) is 7.19. The summed E-state index contributed by atoms with van der Waals surface area (Å²) in [6.07, 6.45) is 5.90. The molecule has 0 fully saturated rings. The number of nitrogens with one attached hydrogen (secondary N) is 2. The number of aromatic nitrogens is 6. The summed E-state index contributed by atoms with van der Waals surface area (Å²) in [5.74, 6) is 1.69. The van der Waals surface area contributed by atoms with Gasteiger partial charge in [-0.15, -0.1) is 0 Å². The first kappa shape index (κ1) is 13.5. The quantitative estimate of drug-likeness (QED) is 0.763. The van der Waals surface area contributed by atoms with Crippen LogP contribution < -0.4 is 5.32 Å². The lowest BCUT2D eigenvalue weighted by Gasteiger charge is -2.13. The van der Waals surface area contributed by atoms with Crippen molar-refractivity contribution >= 4 is 11.3 Å². The second-order valence-corrected chi connectivity index (χ2v) is 5.99. The summed E-state index contributed by atoms with van der Waals surface area (Å²) in [4.78, 5) is 8.50. The fourth-order valence-electron chi connectivity index (χ4n) is 2.08. The topological polar surface area (TPSA) is 83.8 Å². The molecule has 2 N–H and O–H groups in total. The molecule has 0 aromatic carbocycles. The van der Waals surface area contributed by atoms with Gasteiger partial charge in [0.25, 0.3) is 0 Å². The van der Waals surface area contributed by atoms with Crippen molar-refractivity contribution in [2.75, 3.05) is 11.9 Å². The molecule has 0 aliphatic heterocycles. The van der Waals surface area contributed by atoms with Gasteiger partial charge in [-0.1, -0.05) is 20.8 Å². The predicted molar refractivity (Wildman–Crippen MR) is 80.3 cm³/mol. The van der Waals surface area contributed by atoms with Crippen LogP contribution >= 0.6 is 0 Å². The Balaban J connectivity index is 1.80. The van der Waals surface area contributed by atoms with Crippen molar-refractivity contribution in [3.63, 3.8) is 0 Å². The molecule has 3 rings (SSSR count). The average molecular weight is 285 g/mol. The van der Waals surface area contributed by atoms with Crippen LogP contribution in [0.4, 0.5) is 5.82 Å². The minimum atomic E-state index is 0.0170. The lowest BCUT2D eigenvalue weighted by atomic mass is 9.92. The molecule has 0 saturated carbocycles. The Morgan fingerprint density at radius 2 is 2.14 bits per heavy atom. The Kier molecular flexibility index (Phi) is 3.32. The summed E-state index contributed by atoms with van der Waals surface area (Å²) in [7, 11) is 0. The van der Waals surface area contributed by atoms with E-state index in [1.807, 2.05) is 10.7 Å². The first-order valence-corrected chi connectivity index (χ1v) is 6.97. The van der Waals surface area contributed by atoms with E-state index in [-0.39, 0.29) is 5.41 Å². The minimum absolute atomic E-state index is 0.0170. The third-order valence-corrected chi connectivity index (χ3v) is 3.28. The van der Waals surface area contributed by atoms with Crippen LogP contribution in [0.1, 0.15) is 32.3 Å². The fourth-order valence-corrected chi connectivity index (χ4v) is 2.08. The molecule has 0 unspecified atom stereocenters. The zero-order valence-electron chi connectivity index (χ0n) is 12.5. The van der Waals surface area contributed by atoms with Gasteiger partial charge in [-0.05, 0) is 6.07 Å². The molecule has 0 spiro atoms. The second-order valence-electron chi connectivity index (χ2n) is 5.99. The molecular weight excluding hydrogens is 266 g/mol. The maximum atomic E-state index is 4.61. The number of anilines is 1. The molecule has 3 heterocycles. The molecule has 0 amide bonds. The van der Waals surface area contributed by atoms with Gasteiger partial charge in [0.15, 0.2) is 5.82 Å². The maximum Gasteiger partial charge on any atom is 0.152 e. The highest BCUT2D eigenvalue weighted by Crippen LogP contribution is 2.24. The molecule has 3 aromatic rings. The Labute approximate surface area is 122 Å². The van der Waals surface area contributed by atoms with E-state index in [4.69, 9.17) is 0 Å².